The fourth-order valence-corrected chi connectivity index (χ4v) is 4.19. The molecule has 1 heterocycles. The van der Waals surface area contributed by atoms with Gasteiger partial charge in [0.05, 0.1) is 18.8 Å². The van der Waals surface area contributed by atoms with Gasteiger partial charge >= 0.3 is 5.97 Å². The molecule has 0 bridgehead atoms. The first-order valence-electron chi connectivity index (χ1n) is 9.86. The summed E-state index contributed by atoms with van der Waals surface area (Å²) in [4.78, 5) is 26.2. The van der Waals surface area contributed by atoms with E-state index in [1.807, 2.05) is 6.92 Å². The lowest BCUT2D eigenvalue weighted by Gasteiger charge is -2.39. The fourth-order valence-electron chi connectivity index (χ4n) is 4.19. The molecule has 0 spiro atoms. The zero-order valence-corrected chi connectivity index (χ0v) is 17.9. The number of rotatable bonds is 4. The molecular formula is C23H29NO5. The van der Waals surface area contributed by atoms with Gasteiger partial charge in [-0.05, 0) is 50.3 Å². The number of dihydropyridines is 1. The van der Waals surface area contributed by atoms with Crippen LogP contribution in [0.2, 0.25) is 0 Å². The highest BCUT2D eigenvalue weighted by Crippen LogP contribution is 2.47. The number of carbonyl (C=O) groups is 2. The summed E-state index contributed by atoms with van der Waals surface area (Å²) in [7, 11) is 1.47. The average molecular weight is 399 g/mol. The minimum atomic E-state index is -0.574. The molecule has 156 valence electrons. The zero-order chi connectivity index (χ0) is 21.5. The minimum Gasteiger partial charge on any atom is -0.504 e. The summed E-state index contributed by atoms with van der Waals surface area (Å²) < 4.78 is 10.8. The Morgan fingerprint density at radius 3 is 2.59 bits per heavy atom. The van der Waals surface area contributed by atoms with Gasteiger partial charge in [-0.25, -0.2) is 4.79 Å². The van der Waals surface area contributed by atoms with Crippen molar-refractivity contribution in [1.29, 1.82) is 0 Å². The number of ketones is 1. The summed E-state index contributed by atoms with van der Waals surface area (Å²) in [6, 6.07) is 4.93. The van der Waals surface area contributed by atoms with Crippen molar-refractivity contribution in [2.24, 2.45) is 5.41 Å². The number of allylic oxidation sites excluding steroid dienone is 3. The Hall–Kier alpha value is -2.76. The van der Waals surface area contributed by atoms with Gasteiger partial charge < -0.3 is 19.9 Å². The van der Waals surface area contributed by atoms with Crippen LogP contribution in [0.4, 0.5) is 0 Å². The van der Waals surface area contributed by atoms with E-state index in [4.69, 9.17) is 9.47 Å². The number of methoxy groups -OCH3 is 1. The molecule has 0 amide bonds. The smallest absolute Gasteiger partial charge is 0.337 e. The van der Waals surface area contributed by atoms with Gasteiger partial charge in [0.2, 0.25) is 0 Å². The van der Waals surface area contributed by atoms with E-state index in [1.54, 1.807) is 26.0 Å². The van der Waals surface area contributed by atoms with Gasteiger partial charge in [0.15, 0.2) is 17.3 Å². The second-order valence-corrected chi connectivity index (χ2v) is 8.82. The number of hydrogen-bond acceptors (Lipinski definition) is 6. The number of phenols is 1. The maximum absolute atomic E-state index is 13.2. The highest BCUT2D eigenvalue weighted by atomic mass is 16.5. The first-order chi connectivity index (χ1) is 13.5. The van der Waals surface area contributed by atoms with Crippen LogP contribution in [0.25, 0.3) is 0 Å². The quantitative estimate of drug-likeness (QED) is 0.746. The van der Waals surface area contributed by atoms with Crippen LogP contribution in [-0.2, 0) is 14.3 Å². The van der Waals surface area contributed by atoms with Crippen LogP contribution in [0.1, 0.15) is 58.9 Å². The molecule has 1 aromatic rings. The van der Waals surface area contributed by atoms with Crippen LogP contribution in [-0.4, -0.2) is 30.1 Å². The minimum absolute atomic E-state index is 0.00231. The Morgan fingerprint density at radius 2 is 1.97 bits per heavy atom. The van der Waals surface area contributed by atoms with E-state index in [0.29, 0.717) is 41.0 Å². The van der Waals surface area contributed by atoms with Crippen LogP contribution >= 0.6 is 0 Å². The molecule has 0 aromatic heterocycles. The third kappa shape index (κ3) is 4.02. The molecule has 6 heteroatoms. The van der Waals surface area contributed by atoms with Gasteiger partial charge in [0, 0.05) is 29.3 Å². The van der Waals surface area contributed by atoms with Crippen LogP contribution in [0.5, 0.6) is 11.5 Å². The summed E-state index contributed by atoms with van der Waals surface area (Å²) >= 11 is 0. The van der Waals surface area contributed by atoms with Gasteiger partial charge in [0.25, 0.3) is 0 Å². The molecule has 0 unspecified atom stereocenters. The largest absolute Gasteiger partial charge is 0.504 e. The van der Waals surface area contributed by atoms with E-state index in [9.17, 15) is 14.7 Å². The Balaban J connectivity index is 2.20. The Morgan fingerprint density at radius 1 is 1.28 bits per heavy atom. The van der Waals surface area contributed by atoms with Crippen molar-refractivity contribution >= 4 is 11.8 Å². The first-order valence-corrected chi connectivity index (χ1v) is 9.86. The first kappa shape index (κ1) is 21.0. The SMILES string of the molecule is COc1cc([C@H]2C(C(=O)OC(C)C)=C(C)NC3=C2C(=O)CC(C)(C)C3)ccc1O. The molecule has 29 heavy (non-hydrogen) atoms. The van der Waals surface area contributed by atoms with E-state index in [1.165, 1.54) is 13.2 Å². The summed E-state index contributed by atoms with van der Waals surface area (Å²) in [6.07, 6.45) is 0.836. The number of benzene rings is 1. The highest BCUT2D eigenvalue weighted by molar-refractivity contribution is 6.04. The summed E-state index contributed by atoms with van der Waals surface area (Å²) in [5.41, 5.74) is 3.09. The monoisotopic (exact) mass is 399 g/mol. The Kier molecular flexibility index (Phi) is 5.48. The topological polar surface area (TPSA) is 84.9 Å². The number of phenolic OH excluding ortho intramolecular Hbond substituents is 1. The van der Waals surface area contributed by atoms with Crippen molar-refractivity contribution in [3.63, 3.8) is 0 Å². The van der Waals surface area contributed by atoms with Gasteiger partial charge in [0.1, 0.15) is 0 Å². The predicted molar refractivity (Wildman–Crippen MR) is 110 cm³/mol. The molecule has 3 rings (SSSR count). The molecule has 6 nitrogen and oxygen atoms in total. The second-order valence-electron chi connectivity index (χ2n) is 8.82. The lowest BCUT2D eigenvalue weighted by molar-refractivity contribution is -0.143. The lowest BCUT2D eigenvalue weighted by Crippen LogP contribution is -2.39. The van der Waals surface area contributed by atoms with Crippen molar-refractivity contribution in [3.05, 3.63) is 46.3 Å². The Labute approximate surface area is 171 Å². The molecule has 0 saturated heterocycles. The Bertz CT molecular complexity index is 923. The number of Topliss-reactive ketones (excluding diaryl/α,β-unsaturated/α-hetero) is 1. The summed E-state index contributed by atoms with van der Waals surface area (Å²) in [5.74, 6) is -0.714. The average Bonchev–Trinajstić information content (AvgIpc) is 2.59. The third-order valence-electron chi connectivity index (χ3n) is 5.34. The van der Waals surface area contributed by atoms with Crippen molar-refractivity contribution < 1.29 is 24.2 Å². The van der Waals surface area contributed by atoms with Crippen molar-refractivity contribution in [1.82, 2.24) is 5.32 Å². The summed E-state index contributed by atoms with van der Waals surface area (Å²) in [6.45, 7) is 9.55. The number of carbonyl (C=O) groups excluding carboxylic acids is 2. The maximum atomic E-state index is 13.2. The molecule has 0 saturated carbocycles. The van der Waals surface area contributed by atoms with Crippen LogP contribution in [0.3, 0.4) is 0 Å². The maximum Gasteiger partial charge on any atom is 0.337 e. The lowest BCUT2D eigenvalue weighted by atomic mass is 9.68. The van der Waals surface area contributed by atoms with Gasteiger partial charge in [-0.1, -0.05) is 19.9 Å². The highest BCUT2D eigenvalue weighted by Gasteiger charge is 2.43. The van der Waals surface area contributed by atoms with E-state index in [2.05, 4.69) is 19.2 Å². The molecule has 1 aliphatic carbocycles. The number of hydrogen-bond donors (Lipinski definition) is 2. The molecule has 0 radical (unpaired) electrons. The standard InChI is InChI=1S/C23H29NO5/c1-12(2)29-22(27)19-13(3)24-15-10-23(4,5)11-17(26)21(15)20(19)14-7-8-16(25)18(9-14)28-6/h7-9,12,20,24-25H,10-11H2,1-6H3/t20-/m0/s1. The molecule has 2 aliphatic rings. The molecule has 2 N–H and O–H groups in total. The number of nitrogens with one attached hydrogen (secondary N) is 1. The van der Waals surface area contributed by atoms with E-state index < -0.39 is 11.9 Å². The summed E-state index contributed by atoms with van der Waals surface area (Å²) in [5, 5.41) is 13.3. The zero-order valence-electron chi connectivity index (χ0n) is 17.9. The second kappa shape index (κ2) is 7.58. The van der Waals surface area contributed by atoms with Gasteiger partial charge in [-0.15, -0.1) is 0 Å². The van der Waals surface area contributed by atoms with E-state index in [-0.39, 0.29) is 23.1 Å². The van der Waals surface area contributed by atoms with Crippen LogP contribution < -0.4 is 10.1 Å². The van der Waals surface area contributed by atoms with Crippen LogP contribution in [0, 0.1) is 5.41 Å². The molecule has 1 aromatic carbocycles. The van der Waals surface area contributed by atoms with E-state index >= 15 is 0 Å². The third-order valence-corrected chi connectivity index (χ3v) is 5.34. The number of aromatic hydroxyl groups is 1. The van der Waals surface area contributed by atoms with Gasteiger partial charge in [-0.3, -0.25) is 4.79 Å². The van der Waals surface area contributed by atoms with Crippen molar-refractivity contribution in [2.75, 3.05) is 7.11 Å². The number of esters is 1. The molecule has 1 aliphatic heterocycles. The fraction of sp³-hybridized carbons (Fsp3) is 0.478. The van der Waals surface area contributed by atoms with E-state index in [0.717, 1.165) is 5.70 Å². The van der Waals surface area contributed by atoms with Crippen molar-refractivity contribution in [2.45, 2.75) is 59.5 Å². The predicted octanol–water partition coefficient (Wildman–Crippen LogP) is 3.96. The number of ether oxygens (including phenoxy) is 2. The molecule has 1 atom stereocenters. The van der Waals surface area contributed by atoms with Crippen molar-refractivity contribution in [3.8, 4) is 11.5 Å². The van der Waals surface area contributed by atoms with Crippen LogP contribution in [0.15, 0.2) is 40.7 Å². The molecule has 0 fully saturated rings. The molecular weight excluding hydrogens is 370 g/mol. The van der Waals surface area contributed by atoms with Gasteiger partial charge in [-0.2, -0.15) is 0 Å². The normalized spacial score (nSPS) is 21.1.